The maximum Gasteiger partial charge on any atom is 0.356 e. The zero-order chi connectivity index (χ0) is 14.4. The first-order valence-electron chi connectivity index (χ1n) is 6.08. The zero-order valence-electron chi connectivity index (χ0n) is 11.3. The lowest BCUT2D eigenvalue weighted by molar-refractivity contribution is 0.0690. The van der Waals surface area contributed by atoms with Crippen LogP contribution in [0.2, 0.25) is 0 Å². The smallest absolute Gasteiger partial charge is 0.356 e. The number of rotatable bonds is 7. The van der Waals surface area contributed by atoms with Crippen LogP contribution in [0.4, 0.5) is 5.69 Å². The summed E-state index contributed by atoms with van der Waals surface area (Å²) < 4.78 is 0. The summed E-state index contributed by atoms with van der Waals surface area (Å²) >= 11 is 0. The minimum atomic E-state index is -1.06. The quantitative estimate of drug-likeness (QED) is 0.764. The van der Waals surface area contributed by atoms with Gasteiger partial charge in [-0.15, -0.1) is 13.2 Å². The fourth-order valence-electron chi connectivity index (χ4n) is 1.64. The number of aromatic carboxylic acids is 1. The molecule has 1 N–H and O–H groups in total. The van der Waals surface area contributed by atoms with Crippen LogP contribution in [0, 0.1) is 0 Å². The second-order valence-corrected chi connectivity index (χ2v) is 4.40. The number of nitrogens with zero attached hydrogens (tertiary/aromatic N) is 3. The Bertz CT molecular complexity index is 474. The van der Waals surface area contributed by atoms with Gasteiger partial charge < -0.3 is 10.0 Å². The van der Waals surface area contributed by atoms with Gasteiger partial charge in [-0.3, -0.25) is 0 Å². The van der Waals surface area contributed by atoms with Crippen molar-refractivity contribution in [2.24, 2.45) is 0 Å². The number of hydrogen-bond acceptors (Lipinski definition) is 4. The lowest BCUT2D eigenvalue weighted by atomic mass is 10.2. The van der Waals surface area contributed by atoms with Crippen LogP contribution in [-0.2, 0) is 0 Å². The molecule has 5 heteroatoms. The van der Waals surface area contributed by atoms with E-state index in [4.69, 9.17) is 0 Å². The molecule has 19 heavy (non-hydrogen) atoms. The van der Waals surface area contributed by atoms with Crippen LogP contribution >= 0.6 is 0 Å². The van der Waals surface area contributed by atoms with E-state index in [1.165, 1.54) is 0 Å². The fourth-order valence-corrected chi connectivity index (χ4v) is 1.64. The van der Waals surface area contributed by atoms with Gasteiger partial charge in [-0.05, 0) is 0 Å². The van der Waals surface area contributed by atoms with Crippen LogP contribution in [0.15, 0.2) is 31.5 Å². The van der Waals surface area contributed by atoms with Crippen molar-refractivity contribution in [1.29, 1.82) is 0 Å². The summed E-state index contributed by atoms with van der Waals surface area (Å²) in [6, 6.07) is 0. The van der Waals surface area contributed by atoms with Crippen LogP contribution in [0.25, 0.3) is 0 Å². The van der Waals surface area contributed by atoms with Crippen LogP contribution in [0.3, 0.4) is 0 Å². The van der Waals surface area contributed by atoms with E-state index in [0.717, 1.165) is 0 Å². The van der Waals surface area contributed by atoms with Gasteiger partial charge in [0.05, 0.1) is 11.9 Å². The molecule has 0 bridgehead atoms. The molecular formula is C14H19N3O2. The topological polar surface area (TPSA) is 66.3 Å². The molecule has 0 aliphatic heterocycles. The highest BCUT2D eigenvalue weighted by atomic mass is 16.4. The van der Waals surface area contributed by atoms with Crippen molar-refractivity contribution in [2.75, 3.05) is 18.0 Å². The highest BCUT2D eigenvalue weighted by Crippen LogP contribution is 2.20. The van der Waals surface area contributed by atoms with Crippen molar-refractivity contribution in [1.82, 2.24) is 9.97 Å². The number of anilines is 1. The van der Waals surface area contributed by atoms with Crippen LogP contribution in [0.5, 0.6) is 0 Å². The van der Waals surface area contributed by atoms with Gasteiger partial charge in [-0.25, -0.2) is 14.8 Å². The molecule has 0 saturated carbocycles. The van der Waals surface area contributed by atoms with E-state index in [2.05, 4.69) is 23.1 Å². The average Bonchev–Trinajstić information content (AvgIpc) is 2.37. The summed E-state index contributed by atoms with van der Waals surface area (Å²) in [7, 11) is 0. The van der Waals surface area contributed by atoms with E-state index < -0.39 is 5.97 Å². The van der Waals surface area contributed by atoms with Gasteiger partial charge in [0.25, 0.3) is 0 Å². The van der Waals surface area contributed by atoms with Crippen molar-refractivity contribution < 1.29 is 9.90 Å². The number of hydrogen-bond donors (Lipinski definition) is 1. The van der Waals surface area contributed by atoms with Crippen molar-refractivity contribution in [3.63, 3.8) is 0 Å². The van der Waals surface area contributed by atoms with Gasteiger partial charge in [-0.2, -0.15) is 0 Å². The van der Waals surface area contributed by atoms with E-state index >= 15 is 0 Å². The van der Waals surface area contributed by atoms with Crippen molar-refractivity contribution in [3.8, 4) is 0 Å². The molecule has 0 amide bonds. The van der Waals surface area contributed by atoms with Crippen LogP contribution in [0.1, 0.15) is 36.1 Å². The minimum absolute atomic E-state index is 0.0161. The third kappa shape index (κ3) is 3.64. The number of carbonyl (C=O) groups is 1. The summed E-state index contributed by atoms with van der Waals surface area (Å²) in [5.74, 6) is -0.449. The molecule has 0 aliphatic carbocycles. The average molecular weight is 261 g/mol. The third-order valence-electron chi connectivity index (χ3n) is 2.55. The van der Waals surface area contributed by atoms with Gasteiger partial charge in [-0.1, -0.05) is 26.0 Å². The highest BCUT2D eigenvalue weighted by molar-refractivity contribution is 5.92. The standard InChI is InChI=1S/C14H19N3O2/c1-5-7-17(8-6-2)11-9-15-13(10(3)4)16-12(11)14(18)19/h5-6,9-10H,1-2,7-8H2,3-4H3,(H,18,19). The Morgan fingerprint density at radius 3 is 2.42 bits per heavy atom. The second-order valence-electron chi connectivity index (χ2n) is 4.40. The Hall–Kier alpha value is -2.17. The molecule has 0 aromatic carbocycles. The number of aromatic nitrogens is 2. The number of carboxylic acid groups (broad SMARTS) is 1. The fraction of sp³-hybridized carbons (Fsp3) is 0.357. The molecule has 0 spiro atoms. The van der Waals surface area contributed by atoms with Crippen molar-refractivity contribution in [3.05, 3.63) is 43.0 Å². The lowest BCUT2D eigenvalue weighted by Gasteiger charge is -2.22. The summed E-state index contributed by atoms with van der Waals surface area (Å²) in [5, 5.41) is 9.29. The molecule has 0 aliphatic rings. The van der Waals surface area contributed by atoms with Gasteiger partial charge in [0, 0.05) is 19.0 Å². The maximum absolute atomic E-state index is 11.3. The highest BCUT2D eigenvalue weighted by Gasteiger charge is 2.19. The van der Waals surface area contributed by atoms with Gasteiger partial charge >= 0.3 is 5.97 Å². The molecule has 1 heterocycles. The predicted molar refractivity (Wildman–Crippen MR) is 75.7 cm³/mol. The van der Waals surface area contributed by atoms with Crippen molar-refractivity contribution in [2.45, 2.75) is 19.8 Å². The minimum Gasteiger partial charge on any atom is -0.476 e. The first-order valence-corrected chi connectivity index (χ1v) is 6.08. The predicted octanol–water partition coefficient (Wildman–Crippen LogP) is 2.48. The van der Waals surface area contributed by atoms with E-state index in [-0.39, 0.29) is 11.6 Å². The molecule has 1 aromatic heterocycles. The maximum atomic E-state index is 11.3. The van der Waals surface area contributed by atoms with Gasteiger partial charge in [0.1, 0.15) is 5.82 Å². The van der Waals surface area contributed by atoms with Gasteiger partial charge in [0.15, 0.2) is 5.69 Å². The largest absolute Gasteiger partial charge is 0.476 e. The Morgan fingerprint density at radius 2 is 2.00 bits per heavy atom. The van der Waals surface area contributed by atoms with Crippen LogP contribution < -0.4 is 4.90 Å². The second kappa shape index (κ2) is 6.68. The Kier molecular flexibility index (Phi) is 5.23. The summed E-state index contributed by atoms with van der Waals surface area (Å²) in [4.78, 5) is 21.5. The first kappa shape index (κ1) is 14.9. The Balaban J connectivity index is 3.27. The molecular weight excluding hydrogens is 242 g/mol. The SMILES string of the molecule is C=CCN(CC=C)c1cnc(C(C)C)nc1C(=O)O. The third-order valence-corrected chi connectivity index (χ3v) is 2.55. The molecule has 0 unspecified atom stereocenters. The summed E-state index contributed by atoms with van der Waals surface area (Å²) in [6.07, 6.45) is 4.95. The van der Waals surface area contributed by atoms with Crippen molar-refractivity contribution >= 4 is 11.7 Å². The van der Waals surface area contributed by atoms with E-state index in [9.17, 15) is 9.90 Å². The summed E-state index contributed by atoms with van der Waals surface area (Å²) in [5.41, 5.74) is 0.499. The Labute approximate surface area is 113 Å². The molecule has 1 aromatic rings. The van der Waals surface area contributed by atoms with E-state index in [1.807, 2.05) is 18.7 Å². The molecule has 0 radical (unpaired) electrons. The molecule has 0 saturated heterocycles. The lowest BCUT2D eigenvalue weighted by Crippen LogP contribution is -2.26. The first-order chi connectivity index (χ1) is 9.01. The normalized spacial score (nSPS) is 10.3. The summed E-state index contributed by atoms with van der Waals surface area (Å²) in [6.45, 7) is 12.2. The molecule has 1 rings (SSSR count). The molecule has 5 nitrogen and oxygen atoms in total. The van der Waals surface area contributed by atoms with E-state index in [0.29, 0.717) is 24.6 Å². The number of carboxylic acids is 1. The zero-order valence-corrected chi connectivity index (χ0v) is 11.3. The van der Waals surface area contributed by atoms with E-state index in [1.54, 1.807) is 18.3 Å². The monoisotopic (exact) mass is 261 g/mol. The Morgan fingerprint density at radius 1 is 1.42 bits per heavy atom. The molecule has 102 valence electrons. The van der Waals surface area contributed by atoms with Gasteiger partial charge in [0.2, 0.25) is 0 Å². The molecule has 0 fully saturated rings. The molecule has 0 atom stereocenters. The van der Waals surface area contributed by atoms with Crippen LogP contribution in [-0.4, -0.2) is 34.1 Å².